The molecule has 0 aliphatic rings. The quantitative estimate of drug-likeness (QED) is 0.175. The molecule has 10 heteroatoms. The number of benzene rings is 2. The Hall–Kier alpha value is -2.21. The van der Waals surface area contributed by atoms with Crippen molar-refractivity contribution >= 4 is 45.7 Å². The van der Waals surface area contributed by atoms with Gasteiger partial charge in [0, 0.05) is 32.4 Å². The zero-order valence-corrected chi connectivity index (χ0v) is 21.4. The van der Waals surface area contributed by atoms with Crippen LogP contribution < -0.4 is 16.0 Å². The molecule has 0 aliphatic heterocycles. The molecule has 2 aromatic carbocycles. The number of nitrogens with zero attached hydrogens (tertiary/aromatic N) is 1. The van der Waals surface area contributed by atoms with Crippen molar-refractivity contribution in [1.29, 1.82) is 0 Å². The Morgan fingerprint density at radius 1 is 0.938 bits per heavy atom. The van der Waals surface area contributed by atoms with Crippen LogP contribution in [0.15, 0.2) is 58.4 Å². The van der Waals surface area contributed by atoms with E-state index in [0.717, 1.165) is 11.1 Å². The molecule has 0 radical (unpaired) electrons. The fourth-order valence-electron chi connectivity index (χ4n) is 2.77. The lowest BCUT2D eigenvalue weighted by atomic mass is 10.1. The Morgan fingerprint density at radius 2 is 1.53 bits per heavy atom. The Kier molecular flexibility index (Phi) is 12.2. The fourth-order valence-corrected chi connectivity index (χ4v) is 3.41. The van der Waals surface area contributed by atoms with Crippen LogP contribution >= 0.6 is 24.0 Å². The minimum absolute atomic E-state index is 0. The third-order valence-electron chi connectivity index (χ3n) is 4.38. The second-order valence-electron chi connectivity index (χ2n) is 7.01. The summed E-state index contributed by atoms with van der Waals surface area (Å²) in [5.41, 5.74) is 1.76. The van der Waals surface area contributed by atoms with Gasteiger partial charge in [-0.05, 0) is 48.7 Å². The topological polar surface area (TPSA) is 99.7 Å². The van der Waals surface area contributed by atoms with E-state index in [2.05, 4.69) is 20.9 Å². The highest BCUT2D eigenvalue weighted by Gasteiger charge is 2.06. The smallest absolute Gasteiger partial charge is 0.224 e. The van der Waals surface area contributed by atoms with Crippen molar-refractivity contribution in [3.63, 3.8) is 0 Å². The van der Waals surface area contributed by atoms with Gasteiger partial charge >= 0.3 is 0 Å². The molecule has 0 bridgehead atoms. The number of carbonyl (C=O) groups is 1. The molecular weight excluding hydrogens is 546 g/mol. The maximum Gasteiger partial charge on any atom is 0.224 e. The van der Waals surface area contributed by atoms with E-state index in [0.29, 0.717) is 43.5 Å². The van der Waals surface area contributed by atoms with Crippen LogP contribution in [0, 0.1) is 5.82 Å². The zero-order valence-electron chi connectivity index (χ0n) is 18.2. The molecule has 32 heavy (non-hydrogen) atoms. The predicted molar refractivity (Wildman–Crippen MR) is 136 cm³/mol. The lowest BCUT2D eigenvalue weighted by molar-refractivity contribution is -0.120. The highest BCUT2D eigenvalue weighted by Crippen LogP contribution is 2.10. The van der Waals surface area contributed by atoms with Crippen molar-refractivity contribution < 1.29 is 17.6 Å². The number of hydrogen-bond acceptors (Lipinski definition) is 4. The largest absolute Gasteiger partial charge is 0.357 e. The Bertz CT molecular complexity index is 981. The van der Waals surface area contributed by atoms with E-state index in [1.54, 1.807) is 36.4 Å². The number of nitrogens with one attached hydrogen (secondary N) is 3. The summed E-state index contributed by atoms with van der Waals surface area (Å²) in [6.45, 7) is 4.13. The Morgan fingerprint density at radius 3 is 2.12 bits per heavy atom. The Balaban J connectivity index is 0.00000512. The Labute approximate surface area is 206 Å². The molecule has 3 N–H and O–H groups in total. The summed E-state index contributed by atoms with van der Waals surface area (Å²) < 4.78 is 35.9. The van der Waals surface area contributed by atoms with E-state index in [4.69, 9.17) is 0 Å². The van der Waals surface area contributed by atoms with E-state index < -0.39 is 9.84 Å². The molecule has 0 spiro atoms. The molecule has 2 rings (SSSR count). The maximum atomic E-state index is 12.9. The van der Waals surface area contributed by atoms with Gasteiger partial charge in [-0.2, -0.15) is 0 Å². The average Bonchev–Trinajstić information content (AvgIpc) is 2.72. The number of amides is 1. The van der Waals surface area contributed by atoms with Gasteiger partial charge < -0.3 is 16.0 Å². The normalized spacial score (nSPS) is 11.4. The van der Waals surface area contributed by atoms with Gasteiger partial charge in [0.25, 0.3) is 0 Å². The summed E-state index contributed by atoms with van der Waals surface area (Å²) in [6.07, 6.45) is 2.06. The fraction of sp³-hybridized carbons (Fsp3) is 0.364. The highest BCUT2D eigenvalue weighted by atomic mass is 127. The summed E-state index contributed by atoms with van der Waals surface area (Å²) >= 11 is 0. The molecule has 0 aromatic heterocycles. The second-order valence-corrected chi connectivity index (χ2v) is 9.02. The van der Waals surface area contributed by atoms with E-state index in [1.807, 2.05) is 6.92 Å². The van der Waals surface area contributed by atoms with Crippen LogP contribution in [0.5, 0.6) is 0 Å². The predicted octanol–water partition coefficient (Wildman–Crippen LogP) is 2.30. The SMILES string of the molecule is CCNC(=NCCc1ccc(S(C)(=O)=O)cc1)NCCNC(=O)Cc1ccc(F)cc1.I. The van der Waals surface area contributed by atoms with Crippen LogP contribution in [0.1, 0.15) is 18.1 Å². The zero-order chi connectivity index (χ0) is 22.7. The van der Waals surface area contributed by atoms with Crippen LogP contribution in [0.2, 0.25) is 0 Å². The van der Waals surface area contributed by atoms with Crippen molar-refractivity contribution in [3.05, 3.63) is 65.5 Å². The van der Waals surface area contributed by atoms with Crippen molar-refractivity contribution in [1.82, 2.24) is 16.0 Å². The molecular formula is C22H30FIN4O3S. The van der Waals surface area contributed by atoms with E-state index in [9.17, 15) is 17.6 Å². The van der Waals surface area contributed by atoms with Gasteiger partial charge in [-0.25, -0.2) is 12.8 Å². The van der Waals surface area contributed by atoms with Crippen molar-refractivity contribution in [2.45, 2.75) is 24.7 Å². The van der Waals surface area contributed by atoms with Crippen LogP contribution in [0.3, 0.4) is 0 Å². The summed E-state index contributed by atoms with van der Waals surface area (Å²) in [5.74, 6) is 0.186. The monoisotopic (exact) mass is 576 g/mol. The molecule has 1 amide bonds. The average molecular weight is 576 g/mol. The lowest BCUT2D eigenvalue weighted by Crippen LogP contribution is -2.41. The van der Waals surface area contributed by atoms with Crippen molar-refractivity contribution in [2.75, 3.05) is 32.4 Å². The first-order valence-electron chi connectivity index (χ1n) is 10.1. The van der Waals surface area contributed by atoms with Crippen molar-refractivity contribution in [2.24, 2.45) is 4.99 Å². The van der Waals surface area contributed by atoms with Gasteiger partial charge in [-0.15, -0.1) is 24.0 Å². The molecule has 0 saturated heterocycles. The summed E-state index contributed by atoms with van der Waals surface area (Å²) in [5, 5.41) is 9.12. The number of hydrogen-bond donors (Lipinski definition) is 3. The first kappa shape index (κ1) is 27.8. The third kappa shape index (κ3) is 10.4. The molecule has 0 saturated carbocycles. The van der Waals surface area contributed by atoms with Gasteiger partial charge in [0.2, 0.25) is 5.91 Å². The van der Waals surface area contributed by atoms with Crippen LogP contribution in [-0.4, -0.2) is 52.7 Å². The molecule has 0 fully saturated rings. The molecule has 7 nitrogen and oxygen atoms in total. The molecule has 0 atom stereocenters. The minimum Gasteiger partial charge on any atom is -0.357 e. The molecule has 0 unspecified atom stereocenters. The standard InChI is InChI=1S/C22H29FN4O3S.HI/c1-3-24-22(26-13-12-17-6-10-20(11-7-17)31(2,29)30)27-15-14-25-21(28)16-18-4-8-19(23)9-5-18;/h4-11H,3,12-16H2,1-2H3,(H,25,28)(H2,24,26,27);1H. The summed E-state index contributed by atoms with van der Waals surface area (Å²) in [6, 6.07) is 12.7. The van der Waals surface area contributed by atoms with Gasteiger partial charge in [0.1, 0.15) is 5.82 Å². The highest BCUT2D eigenvalue weighted by molar-refractivity contribution is 14.0. The van der Waals surface area contributed by atoms with Gasteiger partial charge in [-0.1, -0.05) is 24.3 Å². The van der Waals surface area contributed by atoms with Gasteiger partial charge in [0.15, 0.2) is 15.8 Å². The lowest BCUT2D eigenvalue weighted by Gasteiger charge is -2.12. The van der Waals surface area contributed by atoms with Crippen molar-refractivity contribution in [3.8, 4) is 0 Å². The van der Waals surface area contributed by atoms with Crippen LogP contribution in [0.4, 0.5) is 4.39 Å². The van der Waals surface area contributed by atoms with Gasteiger partial charge in [-0.3, -0.25) is 9.79 Å². The molecule has 2 aromatic rings. The first-order valence-corrected chi connectivity index (χ1v) is 12.0. The molecule has 0 heterocycles. The third-order valence-corrected chi connectivity index (χ3v) is 5.51. The van der Waals surface area contributed by atoms with E-state index in [1.165, 1.54) is 18.4 Å². The molecule has 0 aliphatic carbocycles. The number of halogens is 2. The van der Waals surface area contributed by atoms with E-state index >= 15 is 0 Å². The maximum absolute atomic E-state index is 12.9. The second kappa shape index (κ2) is 14.0. The van der Waals surface area contributed by atoms with E-state index in [-0.39, 0.29) is 42.1 Å². The van der Waals surface area contributed by atoms with Crippen LogP contribution in [-0.2, 0) is 27.5 Å². The summed E-state index contributed by atoms with van der Waals surface area (Å²) in [4.78, 5) is 16.8. The first-order chi connectivity index (χ1) is 14.8. The van der Waals surface area contributed by atoms with Gasteiger partial charge in [0.05, 0.1) is 11.3 Å². The molecule has 176 valence electrons. The number of rotatable bonds is 10. The number of aliphatic imine (C=N–C) groups is 1. The summed E-state index contributed by atoms with van der Waals surface area (Å²) in [7, 11) is -3.19. The van der Waals surface area contributed by atoms with Crippen LogP contribution in [0.25, 0.3) is 0 Å². The number of guanidine groups is 1. The number of carbonyl (C=O) groups excluding carboxylic acids is 1. The minimum atomic E-state index is -3.19. The number of sulfone groups is 1.